The zero-order chi connectivity index (χ0) is 17.8. The zero-order valence-corrected chi connectivity index (χ0v) is 16.5. The average molecular weight is 397 g/mol. The summed E-state index contributed by atoms with van der Waals surface area (Å²) < 4.78 is 1.64. The van der Waals surface area contributed by atoms with Gasteiger partial charge < -0.3 is 11.1 Å². The first-order valence-electron chi connectivity index (χ1n) is 8.89. The second-order valence-corrected chi connectivity index (χ2v) is 7.17. The fourth-order valence-electron chi connectivity index (χ4n) is 3.66. The van der Waals surface area contributed by atoms with E-state index in [1.54, 1.807) is 24.0 Å². The van der Waals surface area contributed by atoms with Gasteiger partial charge in [0.15, 0.2) is 0 Å². The van der Waals surface area contributed by atoms with E-state index in [2.05, 4.69) is 10.4 Å². The monoisotopic (exact) mass is 396 g/mol. The van der Waals surface area contributed by atoms with Crippen molar-refractivity contribution in [2.75, 3.05) is 6.54 Å². The Morgan fingerprint density at radius 2 is 2.04 bits per heavy atom. The minimum atomic E-state index is -0.135. The van der Waals surface area contributed by atoms with Crippen LogP contribution < -0.4 is 11.1 Å². The topological polar surface area (TPSA) is 72.9 Å². The van der Waals surface area contributed by atoms with Crippen molar-refractivity contribution in [1.29, 1.82) is 0 Å². The van der Waals surface area contributed by atoms with Gasteiger partial charge in [0.2, 0.25) is 0 Å². The number of amides is 1. The van der Waals surface area contributed by atoms with Gasteiger partial charge in [-0.25, -0.2) is 0 Å². The largest absolute Gasteiger partial charge is 0.348 e. The van der Waals surface area contributed by atoms with Gasteiger partial charge in [0.1, 0.15) is 5.69 Å². The number of halogens is 2. The van der Waals surface area contributed by atoms with Gasteiger partial charge in [0, 0.05) is 31.4 Å². The summed E-state index contributed by atoms with van der Waals surface area (Å²) in [5, 5.41) is 8.17. The number of nitrogens with one attached hydrogen (secondary N) is 1. The van der Waals surface area contributed by atoms with Gasteiger partial charge in [-0.15, -0.1) is 12.4 Å². The summed E-state index contributed by atoms with van der Waals surface area (Å²) in [6, 6.07) is 7.44. The molecule has 1 atom stereocenters. The number of hydrogen-bond donors (Lipinski definition) is 2. The van der Waals surface area contributed by atoms with Crippen LogP contribution in [0.15, 0.2) is 30.5 Å². The minimum Gasteiger partial charge on any atom is -0.348 e. The Hall–Kier alpha value is -1.56. The van der Waals surface area contributed by atoms with Crippen LogP contribution >= 0.6 is 24.0 Å². The number of nitrogens with zero attached hydrogens (tertiary/aromatic N) is 2. The molecule has 1 unspecified atom stereocenters. The van der Waals surface area contributed by atoms with Crippen LogP contribution in [0.25, 0.3) is 11.3 Å². The SMILES string of the molecule is Cl.Cn1cc(C(=O)NC(CN)C2CCCCC2)c(-c2ccccc2Cl)n1. The Morgan fingerprint density at radius 3 is 2.69 bits per heavy atom. The standard InChI is InChI=1S/C19H25ClN4O.ClH/c1-24-12-15(18(23-24)14-9-5-6-10-16(14)20)19(25)22-17(11-21)13-7-3-2-4-8-13;/h5-6,9-10,12-13,17H,2-4,7-8,11,21H2,1H3,(H,22,25);1H. The number of aryl methyl sites for hydroxylation is 1. The van der Waals surface area contributed by atoms with Gasteiger partial charge in [0.05, 0.1) is 10.6 Å². The van der Waals surface area contributed by atoms with Crippen molar-refractivity contribution in [2.45, 2.75) is 38.1 Å². The molecule has 1 fully saturated rings. The normalized spacial score (nSPS) is 16.0. The first-order valence-corrected chi connectivity index (χ1v) is 9.27. The molecule has 5 nitrogen and oxygen atoms in total. The Bertz CT molecular complexity index is 741. The molecule has 1 heterocycles. The van der Waals surface area contributed by atoms with Crippen LogP contribution in [0.2, 0.25) is 5.02 Å². The van der Waals surface area contributed by atoms with Crippen molar-refractivity contribution >= 4 is 29.9 Å². The highest BCUT2D eigenvalue weighted by molar-refractivity contribution is 6.33. The van der Waals surface area contributed by atoms with Gasteiger partial charge >= 0.3 is 0 Å². The van der Waals surface area contributed by atoms with E-state index in [9.17, 15) is 4.79 Å². The summed E-state index contributed by atoms with van der Waals surface area (Å²) in [6.07, 6.45) is 7.71. The number of hydrogen-bond acceptors (Lipinski definition) is 3. The Morgan fingerprint density at radius 1 is 1.35 bits per heavy atom. The third-order valence-electron chi connectivity index (χ3n) is 4.99. The minimum absolute atomic E-state index is 0. The number of aromatic nitrogens is 2. The van der Waals surface area contributed by atoms with E-state index in [0.717, 1.165) is 18.4 Å². The molecular formula is C19H26Cl2N4O. The summed E-state index contributed by atoms with van der Waals surface area (Å²) in [5.41, 5.74) is 7.85. The molecular weight excluding hydrogens is 371 g/mol. The smallest absolute Gasteiger partial charge is 0.255 e. The molecule has 3 N–H and O–H groups in total. The van der Waals surface area contributed by atoms with Crippen LogP contribution in [0.5, 0.6) is 0 Å². The molecule has 0 spiro atoms. The molecule has 142 valence electrons. The van der Waals surface area contributed by atoms with E-state index in [4.69, 9.17) is 17.3 Å². The Kier molecular flexibility index (Phi) is 7.50. The molecule has 1 saturated carbocycles. The summed E-state index contributed by atoms with van der Waals surface area (Å²) >= 11 is 6.30. The van der Waals surface area contributed by atoms with Gasteiger partial charge in [0.25, 0.3) is 5.91 Å². The van der Waals surface area contributed by atoms with Crippen molar-refractivity contribution in [3.8, 4) is 11.3 Å². The molecule has 1 aliphatic carbocycles. The first-order chi connectivity index (χ1) is 12.1. The number of rotatable bonds is 5. The quantitative estimate of drug-likeness (QED) is 0.806. The Labute approximate surface area is 165 Å². The van der Waals surface area contributed by atoms with Crippen LogP contribution in [0.4, 0.5) is 0 Å². The molecule has 1 aromatic carbocycles. The highest BCUT2D eigenvalue weighted by Crippen LogP contribution is 2.30. The van der Waals surface area contributed by atoms with Crippen LogP contribution in [0, 0.1) is 5.92 Å². The number of benzene rings is 1. The van der Waals surface area contributed by atoms with E-state index >= 15 is 0 Å². The van der Waals surface area contributed by atoms with E-state index < -0.39 is 0 Å². The highest BCUT2D eigenvalue weighted by atomic mass is 35.5. The lowest BCUT2D eigenvalue weighted by molar-refractivity contribution is 0.0916. The molecule has 1 amide bonds. The third kappa shape index (κ3) is 4.58. The molecule has 2 aromatic rings. The highest BCUT2D eigenvalue weighted by Gasteiger charge is 2.26. The van der Waals surface area contributed by atoms with Gasteiger partial charge in [-0.1, -0.05) is 49.1 Å². The lowest BCUT2D eigenvalue weighted by Crippen LogP contribution is -2.46. The van der Waals surface area contributed by atoms with Crippen molar-refractivity contribution in [1.82, 2.24) is 15.1 Å². The maximum absolute atomic E-state index is 12.9. The molecule has 26 heavy (non-hydrogen) atoms. The maximum atomic E-state index is 12.9. The second-order valence-electron chi connectivity index (χ2n) is 6.76. The van der Waals surface area contributed by atoms with Gasteiger partial charge in [-0.3, -0.25) is 9.48 Å². The van der Waals surface area contributed by atoms with E-state index in [0.29, 0.717) is 28.7 Å². The van der Waals surface area contributed by atoms with Gasteiger partial charge in [-0.05, 0) is 24.8 Å². The number of nitrogens with two attached hydrogens (primary N) is 1. The van der Waals surface area contributed by atoms with Crippen molar-refractivity contribution in [2.24, 2.45) is 18.7 Å². The van der Waals surface area contributed by atoms with E-state index in [1.165, 1.54) is 19.3 Å². The number of carbonyl (C=O) groups excluding carboxylic acids is 1. The predicted molar refractivity (Wildman–Crippen MR) is 108 cm³/mol. The van der Waals surface area contributed by atoms with E-state index in [1.807, 2.05) is 18.2 Å². The fraction of sp³-hybridized carbons (Fsp3) is 0.474. The molecule has 7 heteroatoms. The molecule has 0 bridgehead atoms. The second kappa shape index (κ2) is 9.40. The fourth-order valence-corrected chi connectivity index (χ4v) is 3.88. The average Bonchev–Trinajstić information content (AvgIpc) is 3.02. The predicted octanol–water partition coefficient (Wildman–Crippen LogP) is 3.80. The molecule has 1 aromatic heterocycles. The molecule has 1 aliphatic rings. The van der Waals surface area contributed by atoms with Crippen molar-refractivity contribution in [3.05, 3.63) is 41.0 Å². The summed E-state index contributed by atoms with van der Waals surface area (Å²) in [4.78, 5) is 12.9. The molecule has 0 saturated heterocycles. The molecule has 0 aliphatic heterocycles. The molecule has 3 rings (SSSR count). The van der Waals surface area contributed by atoms with Crippen molar-refractivity contribution in [3.63, 3.8) is 0 Å². The van der Waals surface area contributed by atoms with Crippen LogP contribution in [-0.2, 0) is 7.05 Å². The summed E-state index contributed by atoms with van der Waals surface area (Å²) in [5.74, 6) is 0.326. The third-order valence-corrected chi connectivity index (χ3v) is 5.32. The van der Waals surface area contributed by atoms with Crippen molar-refractivity contribution < 1.29 is 4.79 Å². The summed E-state index contributed by atoms with van der Waals surface area (Å²) in [6.45, 7) is 0.456. The lowest BCUT2D eigenvalue weighted by Gasteiger charge is -2.30. The van der Waals surface area contributed by atoms with E-state index in [-0.39, 0.29) is 24.4 Å². The zero-order valence-electron chi connectivity index (χ0n) is 15.0. The van der Waals surface area contributed by atoms with Crippen LogP contribution in [0.3, 0.4) is 0 Å². The van der Waals surface area contributed by atoms with Gasteiger partial charge in [-0.2, -0.15) is 5.10 Å². The first kappa shape index (κ1) is 20.7. The lowest BCUT2D eigenvalue weighted by atomic mass is 9.84. The molecule has 0 radical (unpaired) electrons. The Balaban J connectivity index is 0.00000243. The van der Waals surface area contributed by atoms with Crippen LogP contribution in [0.1, 0.15) is 42.5 Å². The maximum Gasteiger partial charge on any atom is 0.255 e. The summed E-state index contributed by atoms with van der Waals surface area (Å²) in [7, 11) is 1.80. The van der Waals surface area contributed by atoms with Crippen LogP contribution in [-0.4, -0.2) is 28.3 Å². The number of carbonyl (C=O) groups is 1.